The molecule has 5 nitrogen and oxygen atoms in total. The van der Waals surface area contributed by atoms with Gasteiger partial charge in [-0.1, -0.05) is 25.6 Å². The minimum atomic E-state index is -0.176. The predicted molar refractivity (Wildman–Crippen MR) is 136 cm³/mol. The lowest BCUT2D eigenvalue weighted by molar-refractivity contribution is -0.0402. The lowest BCUT2D eigenvalue weighted by Gasteiger charge is -2.34. The molecule has 172 valence electrons. The molecule has 1 saturated heterocycles. The van der Waals surface area contributed by atoms with Crippen LogP contribution in [0.4, 0.5) is 5.82 Å². The molecule has 0 bridgehead atoms. The van der Waals surface area contributed by atoms with E-state index in [0.717, 1.165) is 40.7 Å². The molecule has 0 aliphatic carbocycles. The van der Waals surface area contributed by atoms with Gasteiger partial charge in [0, 0.05) is 35.7 Å². The molecule has 7 heteroatoms. The summed E-state index contributed by atoms with van der Waals surface area (Å²) in [6, 6.07) is 0.507. The van der Waals surface area contributed by atoms with Crippen molar-refractivity contribution >= 4 is 49.3 Å². The Bertz CT molecular complexity index is 1170. The van der Waals surface area contributed by atoms with Gasteiger partial charge in [-0.25, -0.2) is 15.0 Å². The van der Waals surface area contributed by atoms with Gasteiger partial charge in [0.25, 0.3) is 0 Å². The Hall–Kier alpha value is -1.44. The van der Waals surface area contributed by atoms with Crippen molar-refractivity contribution in [1.82, 2.24) is 15.0 Å². The number of piperidine rings is 1. The third kappa shape index (κ3) is 3.90. The lowest BCUT2D eigenvalue weighted by atomic mass is 9.88. The van der Waals surface area contributed by atoms with Crippen molar-refractivity contribution in [1.29, 1.82) is 0 Å². The van der Waals surface area contributed by atoms with Crippen LogP contribution in [0.15, 0.2) is 5.16 Å². The van der Waals surface area contributed by atoms with Gasteiger partial charge in [-0.3, -0.25) is 0 Å². The number of hydrogen-bond donors (Lipinski definition) is 0. The SMILES string of the molecule is CSc1nc(N2CCCC[C@H]2C)c2sc3nc(CC(C)C)c4c(c3c2n1)CC(C)(C)OC4. The maximum absolute atomic E-state index is 6.25. The molecule has 0 radical (unpaired) electrons. The van der Waals surface area contributed by atoms with Crippen molar-refractivity contribution in [2.24, 2.45) is 5.92 Å². The molecule has 2 aliphatic rings. The number of thioether (sulfide) groups is 1. The minimum absolute atomic E-state index is 0.176. The highest BCUT2D eigenvalue weighted by Crippen LogP contribution is 2.44. The van der Waals surface area contributed by atoms with E-state index in [-0.39, 0.29) is 5.60 Å². The van der Waals surface area contributed by atoms with E-state index < -0.39 is 0 Å². The highest BCUT2D eigenvalue weighted by Gasteiger charge is 2.33. The van der Waals surface area contributed by atoms with Crippen LogP contribution in [0, 0.1) is 5.92 Å². The van der Waals surface area contributed by atoms with Crippen LogP contribution in [-0.4, -0.2) is 39.4 Å². The van der Waals surface area contributed by atoms with E-state index in [9.17, 15) is 0 Å². The molecule has 32 heavy (non-hydrogen) atoms. The maximum Gasteiger partial charge on any atom is 0.189 e. The maximum atomic E-state index is 6.25. The Balaban J connectivity index is 1.81. The number of thiophene rings is 1. The van der Waals surface area contributed by atoms with Gasteiger partial charge in [0.05, 0.1) is 22.4 Å². The summed E-state index contributed by atoms with van der Waals surface area (Å²) in [4.78, 5) is 18.9. The van der Waals surface area contributed by atoms with E-state index in [1.165, 1.54) is 46.2 Å². The Morgan fingerprint density at radius 3 is 2.72 bits per heavy atom. The third-order valence-corrected chi connectivity index (χ3v) is 8.41. The minimum Gasteiger partial charge on any atom is -0.370 e. The zero-order valence-corrected chi connectivity index (χ0v) is 21.8. The van der Waals surface area contributed by atoms with Gasteiger partial charge in [-0.15, -0.1) is 11.3 Å². The average molecular weight is 471 g/mol. The second-order valence-corrected chi connectivity index (χ2v) is 12.1. The van der Waals surface area contributed by atoms with E-state index in [4.69, 9.17) is 19.7 Å². The molecule has 0 spiro atoms. The first-order valence-corrected chi connectivity index (χ1v) is 13.9. The molecule has 2 aliphatic heterocycles. The van der Waals surface area contributed by atoms with Gasteiger partial charge >= 0.3 is 0 Å². The summed E-state index contributed by atoms with van der Waals surface area (Å²) < 4.78 is 7.45. The second kappa shape index (κ2) is 8.41. The summed E-state index contributed by atoms with van der Waals surface area (Å²) in [5, 5.41) is 2.10. The second-order valence-electron chi connectivity index (χ2n) is 10.4. The van der Waals surface area contributed by atoms with E-state index in [2.05, 4.69) is 45.8 Å². The van der Waals surface area contributed by atoms with Crippen LogP contribution >= 0.6 is 23.1 Å². The summed E-state index contributed by atoms with van der Waals surface area (Å²) in [6.45, 7) is 13.0. The van der Waals surface area contributed by atoms with Crippen molar-refractivity contribution in [2.75, 3.05) is 17.7 Å². The quantitative estimate of drug-likeness (QED) is 0.325. The van der Waals surface area contributed by atoms with E-state index in [1.807, 2.05) is 0 Å². The molecule has 5 heterocycles. The van der Waals surface area contributed by atoms with E-state index in [0.29, 0.717) is 18.6 Å². The first kappa shape index (κ1) is 22.4. The number of aromatic nitrogens is 3. The third-order valence-electron chi connectivity index (χ3n) is 6.80. The fourth-order valence-electron chi connectivity index (χ4n) is 5.16. The van der Waals surface area contributed by atoms with Crippen LogP contribution in [0.2, 0.25) is 0 Å². The van der Waals surface area contributed by atoms with Gasteiger partial charge in [-0.2, -0.15) is 0 Å². The summed E-state index contributed by atoms with van der Waals surface area (Å²) in [6.07, 6.45) is 7.71. The smallest absolute Gasteiger partial charge is 0.189 e. The summed E-state index contributed by atoms with van der Waals surface area (Å²) in [7, 11) is 0. The first-order valence-electron chi connectivity index (χ1n) is 11.9. The molecule has 3 aromatic heterocycles. The Labute approximate surface area is 199 Å². The van der Waals surface area contributed by atoms with Crippen LogP contribution in [0.5, 0.6) is 0 Å². The highest BCUT2D eigenvalue weighted by molar-refractivity contribution is 7.98. The van der Waals surface area contributed by atoms with Gasteiger partial charge in [0.1, 0.15) is 4.83 Å². The number of rotatable bonds is 4. The van der Waals surface area contributed by atoms with Crippen molar-refractivity contribution in [2.45, 2.75) is 90.1 Å². The predicted octanol–water partition coefficient (Wildman–Crippen LogP) is 6.39. The van der Waals surface area contributed by atoms with Crippen LogP contribution in [0.3, 0.4) is 0 Å². The molecule has 1 fully saturated rings. The highest BCUT2D eigenvalue weighted by atomic mass is 32.2. The molecule has 3 aromatic rings. The Morgan fingerprint density at radius 1 is 1.19 bits per heavy atom. The first-order chi connectivity index (χ1) is 15.3. The van der Waals surface area contributed by atoms with Crippen molar-refractivity contribution in [3.63, 3.8) is 0 Å². The lowest BCUT2D eigenvalue weighted by Crippen LogP contribution is -2.38. The number of pyridine rings is 1. The standard InChI is InChI=1S/C25H34N4OS2/c1-14(2)11-18-17-13-30-25(4,5)12-16(17)19-20-21(32-23(19)26-18)22(28-24(27-20)31-6)29-10-8-7-9-15(29)3/h14-15H,7-13H2,1-6H3/t15-/m1/s1. The molecule has 1 atom stereocenters. The van der Waals surface area contributed by atoms with Crippen LogP contribution < -0.4 is 4.90 Å². The fourth-order valence-corrected chi connectivity index (χ4v) is 6.69. The number of nitrogens with zero attached hydrogens (tertiary/aromatic N) is 4. The fraction of sp³-hybridized carbons (Fsp3) is 0.640. The molecule has 0 aromatic carbocycles. The summed E-state index contributed by atoms with van der Waals surface area (Å²) in [5.74, 6) is 1.67. The molecule has 5 rings (SSSR count). The van der Waals surface area contributed by atoms with Crippen molar-refractivity contribution < 1.29 is 4.74 Å². The molecule has 0 saturated carbocycles. The number of ether oxygens (including phenoxy) is 1. The van der Waals surface area contributed by atoms with Crippen LogP contribution in [0.1, 0.15) is 70.7 Å². The zero-order chi connectivity index (χ0) is 22.6. The normalized spacial score (nSPS) is 21.0. The summed E-state index contributed by atoms with van der Waals surface area (Å²) in [5.41, 5.74) is 4.81. The Kier molecular flexibility index (Phi) is 5.87. The van der Waals surface area contributed by atoms with Crippen molar-refractivity contribution in [3.05, 3.63) is 16.8 Å². The monoisotopic (exact) mass is 470 g/mol. The molecular weight excluding hydrogens is 436 g/mol. The molecule has 0 N–H and O–H groups in total. The van der Waals surface area contributed by atoms with Crippen molar-refractivity contribution in [3.8, 4) is 0 Å². The van der Waals surface area contributed by atoms with Crippen LogP contribution in [0.25, 0.3) is 20.4 Å². The van der Waals surface area contributed by atoms with Crippen LogP contribution in [-0.2, 0) is 24.2 Å². The topological polar surface area (TPSA) is 51.1 Å². The van der Waals surface area contributed by atoms with Gasteiger partial charge in [-0.05, 0) is 64.2 Å². The van der Waals surface area contributed by atoms with E-state index >= 15 is 0 Å². The van der Waals surface area contributed by atoms with Gasteiger partial charge < -0.3 is 9.64 Å². The molecule has 0 amide bonds. The Morgan fingerprint density at radius 2 is 2.00 bits per heavy atom. The number of anilines is 1. The summed E-state index contributed by atoms with van der Waals surface area (Å²) >= 11 is 3.42. The number of fused-ring (bicyclic) bond motifs is 5. The number of hydrogen-bond acceptors (Lipinski definition) is 7. The van der Waals surface area contributed by atoms with E-state index in [1.54, 1.807) is 23.1 Å². The van der Waals surface area contributed by atoms with Gasteiger partial charge in [0.2, 0.25) is 0 Å². The molecule has 0 unspecified atom stereocenters. The zero-order valence-electron chi connectivity index (χ0n) is 20.1. The van der Waals surface area contributed by atoms with Gasteiger partial charge in [0.15, 0.2) is 11.0 Å². The largest absolute Gasteiger partial charge is 0.370 e. The average Bonchev–Trinajstić information content (AvgIpc) is 3.10. The molecular formula is C25H34N4OS2.